The van der Waals surface area contributed by atoms with E-state index in [9.17, 15) is 0 Å². The van der Waals surface area contributed by atoms with Crippen LogP contribution in [0.25, 0.3) is 0 Å². The highest BCUT2D eigenvalue weighted by Gasteiger charge is 2.28. The summed E-state index contributed by atoms with van der Waals surface area (Å²) >= 11 is 1.85. The summed E-state index contributed by atoms with van der Waals surface area (Å²) in [5, 5.41) is 5.01. The first-order chi connectivity index (χ1) is 10.1. The minimum absolute atomic E-state index is 0.483. The molecule has 2 aromatic rings. The summed E-state index contributed by atoms with van der Waals surface area (Å²) < 4.78 is 0. The van der Waals surface area contributed by atoms with Crippen LogP contribution in [-0.2, 0) is 19.4 Å². The molecule has 2 atom stereocenters. The Morgan fingerprint density at radius 2 is 2.14 bits per heavy atom. The van der Waals surface area contributed by atoms with Gasteiger partial charge in [0, 0.05) is 30.1 Å². The average molecular weight is 300 g/mol. The number of nitrogens with one attached hydrogen (secondary N) is 1. The van der Waals surface area contributed by atoms with Crippen LogP contribution in [0, 0.1) is 11.8 Å². The molecule has 3 rings (SSSR count). The number of benzene rings is 1. The van der Waals surface area contributed by atoms with Crippen LogP contribution in [0.15, 0.2) is 30.5 Å². The predicted octanol–water partition coefficient (Wildman–Crippen LogP) is 4.36. The van der Waals surface area contributed by atoms with Crippen LogP contribution in [0.5, 0.6) is 0 Å². The molecule has 2 nitrogen and oxygen atoms in total. The SMILES string of the molecule is CC(C)Cc1ncc(CN[C@@H]2c3ccccc3C[C@@H]2C)s1. The van der Waals surface area contributed by atoms with Crippen LogP contribution >= 0.6 is 11.3 Å². The lowest BCUT2D eigenvalue weighted by molar-refractivity contribution is 0.416. The fourth-order valence-corrected chi connectivity index (χ4v) is 4.28. The van der Waals surface area contributed by atoms with Gasteiger partial charge in [0.1, 0.15) is 0 Å². The highest BCUT2D eigenvalue weighted by Crippen LogP contribution is 2.35. The molecule has 3 heteroatoms. The summed E-state index contributed by atoms with van der Waals surface area (Å²) in [6, 6.07) is 9.32. The van der Waals surface area contributed by atoms with Gasteiger partial charge in [-0.15, -0.1) is 11.3 Å². The predicted molar refractivity (Wildman–Crippen MR) is 89.5 cm³/mol. The van der Waals surface area contributed by atoms with Gasteiger partial charge in [-0.2, -0.15) is 0 Å². The number of rotatable bonds is 5. The topological polar surface area (TPSA) is 24.9 Å². The largest absolute Gasteiger partial charge is 0.305 e. The van der Waals surface area contributed by atoms with Gasteiger partial charge >= 0.3 is 0 Å². The minimum atomic E-state index is 0.483. The first-order valence-corrected chi connectivity index (χ1v) is 8.70. The second-order valence-electron chi connectivity index (χ2n) is 6.56. The first-order valence-electron chi connectivity index (χ1n) is 7.88. The van der Waals surface area contributed by atoms with Gasteiger partial charge in [0.15, 0.2) is 0 Å². The minimum Gasteiger partial charge on any atom is -0.305 e. The van der Waals surface area contributed by atoms with Crippen molar-refractivity contribution in [3.63, 3.8) is 0 Å². The van der Waals surface area contributed by atoms with Gasteiger partial charge in [-0.25, -0.2) is 4.98 Å². The Balaban J connectivity index is 1.64. The maximum absolute atomic E-state index is 4.54. The average Bonchev–Trinajstić information content (AvgIpc) is 2.99. The molecule has 0 unspecified atom stereocenters. The van der Waals surface area contributed by atoms with E-state index in [-0.39, 0.29) is 0 Å². The highest BCUT2D eigenvalue weighted by atomic mass is 32.1. The fraction of sp³-hybridized carbons (Fsp3) is 0.500. The Morgan fingerprint density at radius 1 is 1.33 bits per heavy atom. The quantitative estimate of drug-likeness (QED) is 0.887. The maximum Gasteiger partial charge on any atom is 0.0930 e. The van der Waals surface area contributed by atoms with Gasteiger partial charge < -0.3 is 5.32 Å². The van der Waals surface area contributed by atoms with Gasteiger partial charge in [0.25, 0.3) is 0 Å². The number of nitrogens with zero attached hydrogens (tertiary/aromatic N) is 1. The van der Waals surface area contributed by atoms with Crippen molar-refractivity contribution in [2.75, 3.05) is 0 Å². The molecule has 0 spiro atoms. The van der Waals surface area contributed by atoms with Crippen molar-refractivity contribution in [2.24, 2.45) is 11.8 Å². The van der Waals surface area contributed by atoms with Crippen LogP contribution in [0.2, 0.25) is 0 Å². The summed E-state index contributed by atoms with van der Waals surface area (Å²) in [6.45, 7) is 7.76. The molecule has 21 heavy (non-hydrogen) atoms. The van der Waals surface area contributed by atoms with E-state index in [0.29, 0.717) is 17.9 Å². The van der Waals surface area contributed by atoms with Gasteiger partial charge in [-0.1, -0.05) is 45.0 Å². The zero-order valence-electron chi connectivity index (χ0n) is 13.1. The zero-order chi connectivity index (χ0) is 14.8. The molecule has 0 amide bonds. The van der Waals surface area contributed by atoms with E-state index in [2.05, 4.69) is 55.3 Å². The van der Waals surface area contributed by atoms with Crippen LogP contribution in [-0.4, -0.2) is 4.98 Å². The molecule has 1 N–H and O–H groups in total. The van der Waals surface area contributed by atoms with Crippen molar-refractivity contribution in [1.82, 2.24) is 10.3 Å². The number of hydrogen-bond acceptors (Lipinski definition) is 3. The third kappa shape index (κ3) is 3.35. The molecule has 0 fully saturated rings. The fourth-order valence-electron chi connectivity index (χ4n) is 3.19. The Labute approximate surface area is 131 Å². The van der Waals surface area contributed by atoms with Crippen molar-refractivity contribution in [1.29, 1.82) is 0 Å². The maximum atomic E-state index is 4.54. The van der Waals surface area contributed by atoms with Gasteiger partial charge in [-0.3, -0.25) is 0 Å². The van der Waals surface area contributed by atoms with Crippen molar-refractivity contribution in [3.05, 3.63) is 51.5 Å². The molecular formula is C18H24N2S. The first kappa shape index (κ1) is 14.7. The second-order valence-corrected chi connectivity index (χ2v) is 7.76. The van der Waals surface area contributed by atoms with Crippen molar-refractivity contribution >= 4 is 11.3 Å². The summed E-state index contributed by atoms with van der Waals surface area (Å²) in [4.78, 5) is 5.89. The number of aromatic nitrogens is 1. The van der Waals surface area contributed by atoms with Crippen molar-refractivity contribution in [3.8, 4) is 0 Å². The molecule has 0 saturated heterocycles. The summed E-state index contributed by atoms with van der Waals surface area (Å²) in [5.74, 6) is 1.35. The monoisotopic (exact) mass is 300 g/mol. The smallest absolute Gasteiger partial charge is 0.0930 e. The molecule has 0 bridgehead atoms. The Bertz CT molecular complexity index is 603. The molecule has 1 aromatic carbocycles. The van der Waals surface area contributed by atoms with Crippen molar-refractivity contribution < 1.29 is 0 Å². The molecule has 1 aromatic heterocycles. The van der Waals surface area contributed by atoms with Crippen LogP contribution in [0.3, 0.4) is 0 Å². The molecule has 1 aliphatic carbocycles. The van der Waals surface area contributed by atoms with E-state index < -0.39 is 0 Å². The van der Waals surface area contributed by atoms with E-state index in [0.717, 1.165) is 13.0 Å². The molecule has 0 radical (unpaired) electrons. The lowest BCUT2D eigenvalue weighted by atomic mass is 10.0. The Morgan fingerprint density at radius 3 is 2.95 bits per heavy atom. The lowest BCUT2D eigenvalue weighted by Crippen LogP contribution is -2.23. The van der Waals surface area contributed by atoms with Crippen LogP contribution in [0.4, 0.5) is 0 Å². The van der Waals surface area contributed by atoms with E-state index in [4.69, 9.17) is 0 Å². The Hall–Kier alpha value is -1.19. The lowest BCUT2D eigenvalue weighted by Gasteiger charge is -2.18. The standard InChI is InChI=1S/C18H24N2S/c1-12(2)8-17-19-10-15(21-17)11-20-18-13(3)9-14-6-4-5-7-16(14)18/h4-7,10,12-13,18,20H,8-9,11H2,1-3H3/t13-,18-/m0/s1. The molecule has 112 valence electrons. The molecule has 1 heterocycles. The number of thiazole rings is 1. The van der Waals surface area contributed by atoms with Crippen LogP contribution < -0.4 is 5.32 Å². The molecule has 0 aliphatic heterocycles. The van der Waals surface area contributed by atoms with E-state index in [1.807, 2.05) is 17.5 Å². The summed E-state index contributed by atoms with van der Waals surface area (Å²) in [7, 11) is 0. The molecular weight excluding hydrogens is 276 g/mol. The van der Waals surface area contributed by atoms with Crippen molar-refractivity contribution in [2.45, 2.75) is 46.2 Å². The van der Waals surface area contributed by atoms with E-state index in [1.165, 1.54) is 27.4 Å². The van der Waals surface area contributed by atoms with E-state index in [1.54, 1.807) is 0 Å². The highest BCUT2D eigenvalue weighted by molar-refractivity contribution is 7.11. The molecule has 1 aliphatic rings. The second kappa shape index (κ2) is 6.29. The van der Waals surface area contributed by atoms with Gasteiger partial charge in [-0.05, 0) is 29.4 Å². The number of fused-ring (bicyclic) bond motifs is 1. The third-order valence-corrected chi connectivity index (χ3v) is 5.20. The Kier molecular flexibility index (Phi) is 4.41. The van der Waals surface area contributed by atoms with Gasteiger partial charge in [0.05, 0.1) is 5.01 Å². The number of hydrogen-bond donors (Lipinski definition) is 1. The third-order valence-electron chi connectivity index (χ3n) is 4.18. The molecule has 0 saturated carbocycles. The summed E-state index contributed by atoms with van der Waals surface area (Å²) in [6.07, 6.45) is 4.32. The summed E-state index contributed by atoms with van der Waals surface area (Å²) in [5.41, 5.74) is 2.99. The zero-order valence-corrected chi connectivity index (χ0v) is 13.9. The van der Waals surface area contributed by atoms with E-state index >= 15 is 0 Å². The van der Waals surface area contributed by atoms with Gasteiger partial charge in [0.2, 0.25) is 0 Å². The van der Waals surface area contributed by atoms with Crippen LogP contribution in [0.1, 0.15) is 47.8 Å². The normalized spacial score (nSPS) is 21.0.